The van der Waals surface area contributed by atoms with Crippen molar-refractivity contribution in [3.8, 4) is 0 Å². The van der Waals surface area contributed by atoms with Gasteiger partial charge < -0.3 is 11.1 Å². The van der Waals surface area contributed by atoms with E-state index in [4.69, 9.17) is 5.73 Å². The van der Waals surface area contributed by atoms with Crippen LogP contribution in [0.15, 0.2) is 23.2 Å². The van der Waals surface area contributed by atoms with E-state index in [1.165, 1.54) is 36.8 Å². The lowest BCUT2D eigenvalue weighted by atomic mass is 10.0. The van der Waals surface area contributed by atoms with Crippen molar-refractivity contribution in [2.24, 2.45) is 16.1 Å². The van der Waals surface area contributed by atoms with Crippen molar-refractivity contribution in [2.75, 3.05) is 11.9 Å². The van der Waals surface area contributed by atoms with Crippen molar-refractivity contribution in [3.05, 3.63) is 29.3 Å². The molecule has 3 N–H and O–H groups in total. The molecular weight excluding hydrogens is 234 g/mol. The number of anilines is 1. The van der Waals surface area contributed by atoms with Crippen LogP contribution in [0.3, 0.4) is 0 Å². The molecule has 0 radical (unpaired) electrons. The molecule has 1 aliphatic carbocycles. The molecule has 0 amide bonds. The van der Waals surface area contributed by atoms with Crippen molar-refractivity contribution in [2.45, 2.75) is 46.5 Å². The number of benzene rings is 1. The minimum absolute atomic E-state index is 0.462. The summed E-state index contributed by atoms with van der Waals surface area (Å²) >= 11 is 0. The molecule has 0 aliphatic heterocycles. The Kier molecular flexibility index (Phi) is 4.13. The van der Waals surface area contributed by atoms with E-state index in [2.05, 4.69) is 49.3 Å². The highest BCUT2D eigenvalue weighted by Crippen LogP contribution is 2.49. The average molecular weight is 259 g/mol. The van der Waals surface area contributed by atoms with Crippen molar-refractivity contribution in [1.82, 2.24) is 0 Å². The van der Waals surface area contributed by atoms with Crippen LogP contribution >= 0.6 is 0 Å². The SMILES string of the molecule is CCCC1(CN=C(N)Nc2cc(C)cc(C)c2)CC1. The summed E-state index contributed by atoms with van der Waals surface area (Å²) in [5.74, 6) is 0.535. The molecule has 2 rings (SSSR count). The number of hydrogen-bond donors (Lipinski definition) is 2. The van der Waals surface area contributed by atoms with Gasteiger partial charge >= 0.3 is 0 Å². The van der Waals surface area contributed by atoms with Gasteiger partial charge in [0.2, 0.25) is 0 Å². The first kappa shape index (κ1) is 13.9. The van der Waals surface area contributed by atoms with Gasteiger partial charge in [-0.2, -0.15) is 0 Å². The van der Waals surface area contributed by atoms with Crippen LogP contribution in [0.2, 0.25) is 0 Å². The normalized spacial score (nSPS) is 17.3. The molecule has 19 heavy (non-hydrogen) atoms. The van der Waals surface area contributed by atoms with E-state index < -0.39 is 0 Å². The van der Waals surface area contributed by atoms with Crippen LogP contribution in [0.25, 0.3) is 0 Å². The van der Waals surface area contributed by atoms with Gasteiger partial charge in [-0.05, 0) is 61.8 Å². The highest BCUT2D eigenvalue weighted by atomic mass is 15.1. The molecule has 1 saturated carbocycles. The third kappa shape index (κ3) is 3.98. The molecule has 0 atom stereocenters. The number of nitrogens with one attached hydrogen (secondary N) is 1. The van der Waals surface area contributed by atoms with Crippen LogP contribution in [-0.2, 0) is 0 Å². The Balaban J connectivity index is 1.94. The summed E-state index contributed by atoms with van der Waals surface area (Å²) in [6.07, 6.45) is 5.12. The summed E-state index contributed by atoms with van der Waals surface area (Å²) < 4.78 is 0. The summed E-state index contributed by atoms with van der Waals surface area (Å²) in [4.78, 5) is 4.51. The first-order valence-electron chi connectivity index (χ1n) is 7.18. The summed E-state index contributed by atoms with van der Waals surface area (Å²) in [6.45, 7) is 7.28. The first-order chi connectivity index (χ1) is 9.03. The van der Waals surface area contributed by atoms with Gasteiger partial charge in [-0.3, -0.25) is 4.99 Å². The molecule has 1 aromatic carbocycles. The van der Waals surface area contributed by atoms with E-state index in [-0.39, 0.29) is 0 Å². The third-order valence-corrected chi connectivity index (χ3v) is 3.82. The van der Waals surface area contributed by atoms with E-state index in [9.17, 15) is 0 Å². The molecule has 1 aliphatic rings. The Labute approximate surface area is 116 Å². The molecule has 1 fully saturated rings. The second-order valence-electron chi connectivity index (χ2n) is 5.95. The standard InChI is InChI=1S/C16H25N3/c1-4-5-16(6-7-16)11-18-15(17)19-14-9-12(2)8-13(3)10-14/h8-10H,4-7,11H2,1-3H3,(H3,17,18,19). The van der Waals surface area contributed by atoms with Gasteiger partial charge in [0.25, 0.3) is 0 Å². The van der Waals surface area contributed by atoms with E-state index in [1.807, 2.05) is 0 Å². The fourth-order valence-corrected chi connectivity index (χ4v) is 2.68. The van der Waals surface area contributed by atoms with E-state index in [0.717, 1.165) is 12.2 Å². The van der Waals surface area contributed by atoms with Gasteiger partial charge in [-0.15, -0.1) is 0 Å². The van der Waals surface area contributed by atoms with Crippen molar-refractivity contribution < 1.29 is 0 Å². The van der Waals surface area contributed by atoms with Gasteiger partial charge in [0.15, 0.2) is 5.96 Å². The number of hydrogen-bond acceptors (Lipinski definition) is 1. The molecule has 3 nitrogen and oxygen atoms in total. The molecule has 0 unspecified atom stereocenters. The molecule has 0 bridgehead atoms. The summed E-state index contributed by atoms with van der Waals surface area (Å²) in [6, 6.07) is 6.33. The molecular formula is C16H25N3. The highest BCUT2D eigenvalue weighted by Gasteiger charge is 2.41. The topological polar surface area (TPSA) is 50.4 Å². The van der Waals surface area contributed by atoms with Crippen LogP contribution in [0.5, 0.6) is 0 Å². The smallest absolute Gasteiger partial charge is 0.193 e. The highest BCUT2D eigenvalue weighted by molar-refractivity contribution is 5.92. The fourth-order valence-electron chi connectivity index (χ4n) is 2.68. The quantitative estimate of drug-likeness (QED) is 0.627. The second-order valence-corrected chi connectivity index (χ2v) is 5.95. The monoisotopic (exact) mass is 259 g/mol. The molecule has 3 heteroatoms. The zero-order chi connectivity index (χ0) is 13.9. The number of nitrogens with zero attached hydrogens (tertiary/aromatic N) is 1. The minimum atomic E-state index is 0.462. The van der Waals surface area contributed by atoms with Crippen LogP contribution in [0, 0.1) is 19.3 Å². The Hall–Kier alpha value is -1.51. The molecule has 1 aromatic rings. The average Bonchev–Trinajstić information content (AvgIpc) is 3.06. The van der Waals surface area contributed by atoms with Gasteiger partial charge in [0, 0.05) is 12.2 Å². The van der Waals surface area contributed by atoms with Crippen LogP contribution in [0.4, 0.5) is 5.69 Å². The number of nitrogens with two attached hydrogens (primary N) is 1. The zero-order valence-electron chi connectivity index (χ0n) is 12.3. The lowest BCUT2D eigenvalue weighted by Gasteiger charge is -2.12. The van der Waals surface area contributed by atoms with Gasteiger partial charge in [-0.25, -0.2) is 0 Å². The molecule has 0 saturated heterocycles. The lowest BCUT2D eigenvalue weighted by molar-refractivity contribution is 0.473. The molecule has 0 spiro atoms. The Bertz CT molecular complexity index is 453. The van der Waals surface area contributed by atoms with Crippen LogP contribution in [0.1, 0.15) is 43.7 Å². The maximum atomic E-state index is 5.98. The minimum Gasteiger partial charge on any atom is -0.370 e. The Morgan fingerprint density at radius 2 is 1.89 bits per heavy atom. The fraction of sp³-hybridized carbons (Fsp3) is 0.562. The van der Waals surface area contributed by atoms with Gasteiger partial charge in [0.1, 0.15) is 0 Å². The van der Waals surface area contributed by atoms with E-state index >= 15 is 0 Å². The van der Waals surface area contributed by atoms with Crippen LogP contribution in [-0.4, -0.2) is 12.5 Å². The van der Waals surface area contributed by atoms with Crippen molar-refractivity contribution in [1.29, 1.82) is 0 Å². The third-order valence-electron chi connectivity index (χ3n) is 3.82. The Morgan fingerprint density at radius 1 is 1.26 bits per heavy atom. The van der Waals surface area contributed by atoms with E-state index in [1.54, 1.807) is 0 Å². The Morgan fingerprint density at radius 3 is 2.42 bits per heavy atom. The number of rotatable bonds is 5. The largest absolute Gasteiger partial charge is 0.370 e. The molecule has 0 heterocycles. The molecule has 0 aromatic heterocycles. The van der Waals surface area contributed by atoms with E-state index in [0.29, 0.717) is 11.4 Å². The maximum Gasteiger partial charge on any atom is 0.193 e. The second kappa shape index (κ2) is 5.64. The predicted octanol–water partition coefficient (Wildman–Crippen LogP) is 3.61. The van der Waals surface area contributed by atoms with Crippen molar-refractivity contribution >= 4 is 11.6 Å². The van der Waals surface area contributed by atoms with Crippen molar-refractivity contribution in [3.63, 3.8) is 0 Å². The first-order valence-corrected chi connectivity index (χ1v) is 7.18. The number of aryl methyl sites for hydroxylation is 2. The summed E-state index contributed by atoms with van der Waals surface area (Å²) in [5.41, 5.74) is 9.94. The van der Waals surface area contributed by atoms with Gasteiger partial charge in [-0.1, -0.05) is 19.4 Å². The lowest BCUT2D eigenvalue weighted by Crippen LogP contribution is -2.24. The predicted molar refractivity (Wildman–Crippen MR) is 82.6 cm³/mol. The number of aliphatic imine (C=N–C) groups is 1. The maximum absolute atomic E-state index is 5.98. The molecule has 104 valence electrons. The number of guanidine groups is 1. The van der Waals surface area contributed by atoms with Gasteiger partial charge in [0.05, 0.1) is 0 Å². The summed E-state index contributed by atoms with van der Waals surface area (Å²) in [7, 11) is 0. The van der Waals surface area contributed by atoms with Crippen LogP contribution < -0.4 is 11.1 Å². The zero-order valence-corrected chi connectivity index (χ0v) is 12.3. The summed E-state index contributed by atoms with van der Waals surface area (Å²) in [5, 5.41) is 3.19.